The number of aryl methyl sites for hydroxylation is 1. The van der Waals surface area contributed by atoms with Crippen molar-refractivity contribution in [2.45, 2.75) is 42.2 Å². The van der Waals surface area contributed by atoms with Crippen LogP contribution in [-0.2, 0) is 14.0 Å². The maximum Gasteiger partial charge on any atom is 0.202 e. The summed E-state index contributed by atoms with van der Waals surface area (Å²) in [5.41, 5.74) is 1.50. The van der Waals surface area contributed by atoms with Crippen LogP contribution in [-0.4, -0.2) is 34.6 Å². The molecule has 1 saturated heterocycles. The number of hydrogen-bond acceptors (Lipinski definition) is 4. The minimum atomic E-state index is -3.93. The van der Waals surface area contributed by atoms with Gasteiger partial charge in [-0.05, 0) is 73.7 Å². The molecule has 1 atom stereocenters. The number of nitrogens with one attached hydrogen (secondary N) is 1. The third-order valence-corrected chi connectivity index (χ3v) is 10.2. The van der Waals surface area contributed by atoms with Crippen molar-refractivity contribution in [2.75, 3.05) is 31.1 Å². The number of benzene rings is 2. The van der Waals surface area contributed by atoms with Crippen LogP contribution < -0.4 is 10.2 Å². The number of hydrogen-bond donors (Lipinski definition) is 1. The zero-order valence-corrected chi connectivity index (χ0v) is 19.0. The zero-order chi connectivity index (χ0) is 21.6. The van der Waals surface area contributed by atoms with Gasteiger partial charge in [-0.3, -0.25) is 0 Å². The van der Waals surface area contributed by atoms with E-state index in [-0.39, 0.29) is 4.90 Å². The van der Waals surface area contributed by atoms with Gasteiger partial charge < -0.3 is 10.2 Å². The molecule has 7 heteroatoms. The topological polar surface area (TPSA) is 49.4 Å². The molecule has 1 unspecified atom stereocenters. The Morgan fingerprint density at radius 1 is 1.13 bits per heavy atom. The first kappa shape index (κ1) is 21.6. The Balaban J connectivity index is 1.78. The Morgan fingerprint density at radius 3 is 2.30 bits per heavy atom. The molecule has 1 saturated carbocycles. The number of rotatable bonds is 6. The summed E-state index contributed by atoms with van der Waals surface area (Å²) in [6.45, 7) is 7.30. The van der Waals surface area contributed by atoms with Gasteiger partial charge in [0, 0.05) is 37.3 Å². The summed E-state index contributed by atoms with van der Waals surface area (Å²) in [6, 6.07) is 11.2. The van der Waals surface area contributed by atoms with E-state index in [1.165, 1.54) is 12.1 Å². The Bertz CT molecular complexity index is 1030. The van der Waals surface area contributed by atoms with Crippen molar-refractivity contribution in [3.63, 3.8) is 0 Å². The van der Waals surface area contributed by atoms with Crippen LogP contribution in [0.15, 0.2) is 47.4 Å². The van der Waals surface area contributed by atoms with Gasteiger partial charge in [0.05, 0.1) is 4.90 Å². The van der Waals surface area contributed by atoms with Crippen molar-refractivity contribution < 1.29 is 12.8 Å². The van der Waals surface area contributed by atoms with Gasteiger partial charge in [-0.2, -0.15) is 0 Å². The van der Waals surface area contributed by atoms with Gasteiger partial charge in [0.15, 0.2) is 4.21 Å². The monoisotopic (exact) mass is 450 g/mol. The molecule has 4 rings (SSSR count). The average Bonchev–Trinajstić information content (AvgIpc) is 3.55. The van der Waals surface area contributed by atoms with E-state index in [0.717, 1.165) is 44.7 Å². The molecule has 0 aromatic heterocycles. The minimum Gasteiger partial charge on any atom is -0.369 e. The molecule has 1 heterocycles. The Labute approximate surface area is 183 Å². The highest BCUT2D eigenvalue weighted by atomic mass is 35.5. The highest BCUT2D eigenvalue weighted by molar-refractivity contribution is 7.93. The molecule has 0 spiro atoms. The van der Waals surface area contributed by atoms with E-state index < -0.39 is 25.3 Å². The number of sulfone groups is 1. The lowest BCUT2D eigenvalue weighted by Gasteiger charge is -2.36. The summed E-state index contributed by atoms with van der Waals surface area (Å²) < 4.78 is 40.1. The molecule has 2 aromatic carbocycles. The largest absolute Gasteiger partial charge is 0.369 e. The Morgan fingerprint density at radius 2 is 1.77 bits per heavy atom. The maximum atomic E-state index is 14.0. The third-order valence-electron chi connectivity index (χ3n) is 6.75. The van der Waals surface area contributed by atoms with Crippen LogP contribution in [0.25, 0.3) is 0 Å². The van der Waals surface area contributed by atoms with Crippen molar-refractivity contribution in [1.29, 1.82) is 0 Å². The summed E-state index contributed by atoms with van der Waals surface area (Å²) in [5.74, 6) is -0.394. The van der Waals surface area contributed by atoms with E-state index in [0.29, 0.717) is 17.5 Å². The quantitative estimate of drug-likeness (QED) is 0.653. The van der Waals surface area contributed by atoms with Gasteiger partial charge in [0.2, 0.25) is 9.84 Å². The molecule has 1 N–H and O–H groups in total. The molecule has 162 valence electrons. The molecule has 30 heavy (non-hydrogen) atoms. The smallest absolute Gasteiger partial charge is 0.202 e. The van der Waals surface area contributed by atoms with Crippen LogP contribution in [0.3, 0.4) is 0 Å². The number of halogens is 2. The van der Waals surface area contributed by atoms with Gasteiger partial charge in [-0.15, -0.1) is 0 Å². The lowest BCUT2D eigenvalue weighted by Crippen LogP contribution is -2.43. The molecule has 2 fully saturated rings. The lowest BCUT2D eigenvalue weighted by molar-refractivity contribution is 0.411. The fourth-order valence-corrected chi connectivity index (χ4v) is 7.74. The van der Waals surface area contributed by atoms with E-state index in [2.05, 4.69) is 10.2 Å². The van der Waals surface area contributed by atoms with Gasteiger partial charge in [0.1, 0.15) is 5.82 Å². The lowest BCUT2D eigenvalue weighted by atomic mass is 9.90. The first-order chi connectivity index (χ1) is 14.2. The van der Waals surface area contributed by atoms with Crippen molar-refractivity contribution in [3.05, 3.63) is 59.4 Å². The molecule has 0 amide bonds. The number of anilines is 1. The number of piperazine rings is 1. The Hall–Kier alpha value is -1.63. The van der Waals surface area contributed by atoms with E-state index in [1.54, 1.807) is 25.1 Å². The molecule has 1 aliphatic heterocycles. The van der Waals surface area contributed by atoms with Crippen molar-refractivity contribution in [1.82, 2.24) is 5.32 Å². The van der Waals surface area contributed by atoms with Crippen LogP contribution in [0.1, 0.15) is 37.3 Å². The first-order valence-corrected chi connectivity index (χ1v) is 12.4. The molecular weight excluding hydrogens is 423 g/mol. The zero-order valence-electron chi connectivity index (χ0n) is 17.4. The summed E-state index contributed by atoms with van der Waals surface area (Å²) in [7, 11) is -3.93. The highest BCUT2D eigenvalue weighted by Crippen LogP contribution is 2.67. The third kappa shape index (κ3) is 3.33. The molecule has 1 aliphatic carbocycles. The normalized spacial score (nSPS) is 20.6. The standard InChI is InChI=1S/C23H28ClFN2O2S/c1-3-22(10-11-22)23(24,21-9-4-18(25)16-17(21)2)30(28,29)20-7-5-19(6-8-20)27-14-12-26-13-15-27/h4-9,16,26H,3,10-15H2,1-2H3. The van der Waals surface area contributed by atoms with E-state index >= 15 is 0 Å². The molecule has 2 aromatic rings. The van der Waals surface area contributed by atoms with Crippen molar-refractivity contribution in [3.8, 4) is 0 Å². The van der Waals surface area contributed by atoms with Crippen LogP contribution in [0.2, 0.25) is 0 Å². The summed E-state index contributed by atoms with van der Waals surface area (Å²) in [5, 5.41) is 3.32. The average molecular weight is 451 g/mol. The summed E-state index contributed by atoms with van der Waals surface area (Å²) >= 11 is 7.16. The minimum absolute atomic E-state index is 0.208. The van der Waals surface area contributed by atoms with Gasteiger partial charge >= 0.3 is 0 Å². The summed E-state index contributed by atoms with van der Waals surface area (Å²) in [4.78, 5) is 2.44. The van der Waals surface area contributed by atoms with Crippen LogP contribution in [0.4, 0.5) is 10.1 Å². The number of nitrogens with zero attached hydrogens (tertiary/aromatic N) is 1. The second kappa shape index (κ2) is 7.81. The molecule has 4 nitrogen and oxygen atoms in total. The van der Waals surface area contributed by atoms with Gasteiger partial charge in [-0.25, -0.2) is 12.8 Å². The SMILES string of the molecule is CCC1(C(Cl)(c2ccc(F)cc2C)S(=O)(=O)c2ccc(N3CCNCC3)cc2)CC1. The summed E-state index contributed by atoms with van der Waals surface area (Å²) in [6.07, 6.45) is 2.12. The van der Waals surface area contributed by atoms with Crippen molar-refractivity contribution in [2.24, 2.45) is 5.41 Å². The molecule has 2 aliphatic rings. The van der Waals surface area contributed by atoms with E-state index in [4.69, 9.17) is 11.6 Å². The van der Waals surface area contributed by atoms with Crippen LogP contribution in [0.5, 0.6) is 0 Å². The first-order valence-electron chi connectivity index (χ1n) is 10.5. The predicted octanol–water partition coefficient (Wildman–Crippen LogP) is 4.60. The van der Waals surface area contributed by atoms with Gasteiger partial charge in [0.25, 0.3) is 0 Å². The van der Waals surface area contributed by atoms with E-state index in [9.17, 15) is 12.8 Å². The van der Waals surface area contributed by atoms with Crippen LogP contribution >= 0.6 is 11.6 Å². The van der Waals surface area contributed by atoms with Crippen molar-refractivity contribution >= 4 is 27.1 Å². The predicted molar refractivity (Wildman–Crippen MR) is 119 cm³/mol. The Kier molecular flexibility index (Phi) is 5.62. The number of alkyl halides is 1. The second-order valence-corrected chi connectivity index (χ2v) is 11.3. The fourth-order valence-electron chi connectivity index (χ4n) is 4.68. The fraction of sp³-hybridized carbons (Fsp3) is 0.478. The molecular formula is C23H28ClFN2O2S. The second-order valence-electron chi connectivity index (χ2n) is 8.42. The molecule has 0 radical (unpaired) electrons. The van der Waals surface area contributed by atoms with Crippen LogP contribution in [0, 0.1) is 18.2 Å². The molecule has 0 bridgehead atoms. The van der Waals surface area contributed by atoms with E-state index in [1.807, 2.05) is 19.1 Å². The van der Waals surface area contributed by atoms with Gasteiger partial charge in [-0.1, -0.05) is 24.6 Å². The highest BCUT2D eigenvalue weighted by Gasteiger charge is 2.65. The maximum absolute atomic E-state index is 14.0.